The van der Waals surface area contributed by atoms with Crippen LogP contribution >= 0.6 is 7.82 Å². The van der Waals surface area contributed by atoms with Crippen molar-refractivity contribution < 1.29 is 33.6 Å². The summed E-state index contributed by atoms with van der Waals surface area (Å²) in [6, 6.07) is 0. The van der Waals surface area contributed by atoms with E-state index in [0.29, 0.717) is 0 Å². The van der Waals surface area contributed by atoms with Crippen molar-refractivity contribution in [3.05, 3.63) is 0 Å². The Balaban J connectivity index is 4.09. The number of aliphatic hydroxyl groups excluding tert-OH is 1. The number of amides is 1. The number of nitrogens with one attached hydrogen (secondary N) is 1. The van der Waals surface area contributed by atoms with Crippen molar-refractivity contribution in [1.29, 1.82) is 0 Å². The fourth-order valence-corrected chi connectivity index (χ4v) is 1.32. The van der Waals surface area contributed by atoms with Crippen LogP contribution in [0.4, 0.5) is 0 Å². The maximum absolute atomic E-state index is 11.3. The van der Waals surface area contributed by atoms with Gasteiger partial charge in [0.1, 0.15) is 6.29 Å². The van der Waals surface area contributed by atoms with Crippen LogP contribution in [0.5, 0.6) is 0 Å². The number of aliphatic hydroxyl groups is 1. The van der Waals surface area contributed by atoms with Gasteiger partial charge in [-0.2, -0.15) is 0 Å². The molecule has 0 aromatic heterocycles. The molecule has 0 aromatic rings. The molecule has 0 aliphatic rings. The fraction of sp³-hybridized carbons (Fsp3) is 0.778. The van der Waals surface area contributed by atoms with Gasteiger partial charge < -0.3 is 25.0 Å². The third-order valence-corrected chi connectivity index (χ3v) is 2.57. The molecule has 0 rings (SSSR count). The number of hydrogen-bond acceptors (Lipinski definition) is 5. The number of carbonyl (C=O) groups excluding carboxylic acids is 2. The quantitative estimate of drug-likeness (QED) is 0.338. The highest BCUT2D eigenvalue weighted by Crippen LogP contribution is 2.35. The van der Waals surface area contributed by atoms with E-state index in [-0.39, 0.29) is 13.0 Å². The first-order valence-corrected chi connectivity index (χ1v) is 6.70. The molecule has 0 saturated carbocycles. The number of phosphoric ester groups is 1. The van der Waals surface area contributed by atoms with E-state index in [1.807, 2.05) is 0 Å². The smallest absolute Gasteiger partial charge is 0.381 e. The Bertz CT molecular complexity index is 338. The third kappa shape index (κ3) is 8.32. The molecule has 0 aliphatic heterocycles. The molecular formula is C9H18NO7P. The molecule has 0 radical (unpaired) electrons. The van der Waals surface area contributed by atoms with E-state index < -0.39 is 31.9 Å². The minimum atomic E-state index is -4.71. The Morgan fingerprint density at radius 1 is 1.50 bits per heavy atom. The average molecular weight is 283 g/mol. The van der Waals surface area contributed by atoms with Crippen LogP contribution in [0.3, 0.4) is 0 Å². The van der Waals surface area contributed by atoms with Crippen molar-refractivity contribution >= 4 is 20.0 Å². The lowest BCUT2D eigenvalue weighted by Gasteiger charge is -2.23. The summed E-state index contributed by atoms with van der Waals surface area (Å²) in [4.78, 5) is 38.4. The van der Waals surface area contributed by atoms with E-state index >= 15 is 0 Å². The van der Waals surface area contributed by atoms with Gasteiger partial charge in [-0.15, -0.1) is 0 Å². The van der Waals surface area contributed by atoms with Crippen LogP contribution in [0.15, 0.2) is 0 Å². The zero-order valence-corrected chi connectivity index (χ0v) is 11.1. The maximum Gasteiger partial charge on any atom is 0.469 e. The van der Waals surface area contributed by atoms with Crippen LogP contribution in [0.1, 0.15) is 20.3 Å². The van der Waals surface area contributed by atoms with E-state index in [4.69, 9.17) is 9.79 Å². The van der Waals surface area contributed by atoms with Crippen LogP contribution in [0.25, 0.3) is 0 Å². The number of aldehydes is 1. The third-order valence-electron chi connectivity index (χ3n) is 2.08. The molecule has 0 saturated heterocycles. The topological polar surface area (TPSA) is 133 Å². The van der Waals surface area contributed by atoms with Crippen molar-refractivity contribution in [3.8, 4) is 0 Å². The second-order valence-electron chi connectivity index (χ2n) is 4.55. The zero-order valence-electron chi connectivity index (χ0n) is 10.2. The summed E-state index contributed by atoms with van der Waals surface area (Å²) >= 11 is 0. The van der Waals surface area contributed by atoms with Crippen molar-refractivity contribution in [2.45, 2.75) is 26.4 Å². The van der Waals surface area contributed by atoms with Gasteiger partial charge in [-0.1, -0.05) is 13.8 Å². The maximum atomic E-state index is 11.3. The Labute approximate surface area is 105 Å². The number of rotatable bonds is 8. The van der Waals surface area contributed by atoms with E-state index in [1.165, 1.54) is 0 Å². The van der Waals surface area contributed by atoms with Crippen molar-refractivity contribution in [1.82, 2.24) is 5.32 Å². The Morgan fingerprint density at radius 3 is 2.50 bits per heavy atom. The Morgan fingerprint density at radius 2 is 2.06 bits per heavy atom. The van der Waals surface area contributed by atoms with Gasteiger partial charge in [-0.25, -0.2) is 4.57 Å². The number of carbonyl (C=O) groups is 2. The summed E-state index contributed by atoms with van der Waals surface area (Å²) in [5, 5.41) is 11.6. The molecule has 1 unspecified atom stereocenters. The molecule has 9 heteroatoms. The summed E-state index contributed by atoms with van der Waals surface area (Å²) in [6.45, 7) is 2.85. The second-order valence-corrected chi connectivity index (χ2v) is 5.79. The van der Waals surface area contributed by atoms with Gasteiger partial charge in [0.05, 0.1) is 6.61 Å². The molecule has 0 aliphatic carbocycles. The molecule has 0 spiro atoms. The van der Waals surface area contributed by atoms with E-state index in [1.54, 1.807) is 13.8 Å². The van der Waals surface area contributed by atoms with Crippen LogP contribution < -0.4 is 5.32 Å². The van der Waals surface area contributed by atoms with Crippen molar-refractivity contribution in [2.24, 2.45) is 5.41 Å². The summed E-state index contributed by atoms with van der Waals surface area (Å²) in [5.41, 5.74) is -0.457. The van der Waals surface area contributed by atoms with Crippen molar-refractivity contribution in [3.63, 3.8) is 0 Å². The van der Waals surface area contributed by atoms with Crippen LogP contribution in [0, 0.1) is 5.41 Å². The van der Waals surface area contributed by atoms with Gasteiger partial charge in [-0.3, -0.25) is 9.32 Å². The normalized spacial score (nSPS) is 14.1. The van der Waals surface area contributed by atoms with Gasteiger partial charge >= 0.3 is 7.82 Å². The van der Waals surface area contributed by atoms with Gasteiger partial charge in [0.15, 0.2) is 6.10 Å². The SMILES string of the molecule is CC(C)(CC=O)CNC(=O)C(O)COP(=O)(O)O. The molecule has 8 nitrogen and oxygen atoms in total. The van der Waals surface area contributed by atoms with Gasteiger partial charge in [-0.05, 0) is 5.41 Å². The monoisotopic (exact) mass is 283 g/mol. The zero-order chi connectivity index (χ0) is 14.4. The lowest BCUT2D eigenvalue weighted by atomic mass is 9.90. The van der Waals surface area contributed by atoms with Gasteiger partial charge in [0, 0.05) is 13.0 Å². The van der Waals surface area contributed by atoms with E-state index in [2.05, 4.69) is 9.84 Å². The largest absolute Gasteiger partial charge is 0.469 e. The molecule has 0 heterocycles. The average Bonchev–Trinajstić information content (AvgIpc) is 2.21. The summed E-state index contributed by atoms with van der Waals surface area (Å²) in [7, 11) is -4.71. The highest BCUT2D eigenvalue weighted by atomic mass is 31.2. The first kappa shape index (κ1) is 17.2. The molecule has 1 atom stereocenters. The second kappa shape index (κ2) is 6.96. The molecule has 0 aromatic carbocycles. The molecular weight excluding hydrogens is 265 g/mol. The highest BCUT2D eigenvalue weighted by molar-refractivity contribution is 7.46. The minimum Gasteiger partial charge on any atom is -0.381 e. The molecule has 4 N–H and O–H groups in total. The molecule has 18 heavy (non-hydrogen) atoms. The molecule has 0 fully saturated rings. The lowest BCUT2D eigenvalue weighted by molar-refractivity contribution is -0.131. The van der Waals surface area contributed by atoms with Crippen LogP contribution in [-0.2, 0) is 18.7 Å². The first-order chi connectivity index (χ1) is 8.07. The van der Waals surface area contributed by atoms with Crippen LogP contribution in [0.2, 0.25) is 0 Å². The lowest BCUT2D eigenvalue weighted by Crippen LogP contribution is -2.41. The first-order valence-electron chi connectivity index (χ1n) is 5.17. The van der Waals surface area contributed by atoms with E-state index in [0.717, 1.165) is 6.29 Å². The summed E-state index contributed by atoms with van der Waals surface area (Å²) in [6.07, 6.45) is -0.716. The Hall–Kier alpha value is -0.790. The number of phosphoric acid groups is 1. The fourth-order valence-electron chi connectivity index (χ4n) is 0.985. The van der Waals surface area contributed by atoms with Crippen LogP contribution in [-0.4, -0.2) is 46.3 Å². The predicted octanol–water partition coefficient (Wildman–Crippen LogP) is -0.812. The predicted molar refractivity (Wildman–Crippen MR) is 61.5 cm³/mol. The standard InChI is InChI=1S/C9H18NO7P/c1-9(2,3-4-11)6-10-8(13)7(12)5-17-18(14,15)16/h4,7,12H,3,5-6H2,1-2H3,(H,10,13)(H2,14,15,16). The highest BCUT2D eigenvalue weighted by Gasteiger charge is 2.24. The van der Waals surface area contributed by atoms with Crippen molar-refractivity contribution in [2.75, 3.05) is 13.2 Å². The minimum absolute atomic E-state index is 0.150. The summed E-state index contributed by atoms with van der Waals surface area (Å²) < 4.78 is 14.3. The van der Waals surface area contributed by atoms with Gasteiger partial charge in [0.25, 0.3) is 5.91 Å². The molecule has 1 amide bonds. The Kier molecular flexibility index (Phi) is 6.66. The molecule has 0 bridgehead atoms. The van der Waals surface area contributed by atoms with E-state index in [9.17, 15) is 19.3 Å². The summed E-state index contributed by atoms with van der Waals surface area (Å²) in [5.74, 6) is -0.817. The molecule has 106 valence electrons. The van der Waals surface area contributed by atoms with Gasteiger partial charge in [0.2, 0.25) is 0 Å². The number of hydrogen-bond donors (Lipinski definition) is 4.